The van der Waals surface area contributed by atoms with E-state index in [1.807, 2.05) is 0 Å². The Bertz CT molecular complexity index is 593. The number of aliphatic hydroxyl groups excluding tert-OH is 1. The number of alkyl halides is 2. The van der Waals surface area contributed by atoms with Crippen LogP contribution in [0.15, 0.2) is 12.1 Å². The van der Waals surface area contributed by atoms with Crippen molar-refractivity contribution in [2.45, 2.75) is 25.0 Å². The first-order valence-corrected chi connectivity index (χ1v) is 6.65. The summed E-state index contributed by atoms with van der Waals surface area (Å²) in [6.07, 6.45) is 0.840. The van der Waals surface area contributed by atoms with E-state index in [2.05, 4.69) is 5.32 Å². The lowest BCUT2D eigenvalue weighted by molar-refractivity contribution is -0.0222. The molecule has 1 atom stereocenters. The van der Waals surface area contributed by atoms with Crippen LogP contribution < -0.4 is 10.2 Å². The van der Waals surface area contributed by atoms with Gasteiger partial charge in [0.1, 0.15) is 11.9 Å². The Morgan fingerprint density at radius 1 is 1.24 bits per heavy atom. The molecule has 0 saturated carbocycles. The molecule has 0 spiro atoms. The first-order chi connectivity index (χ1) is 9.87. The summed E-state index contributed by atoms with van der Waals surface area (Å²) in [5.74, 6) is -4.40. The fourth-order valence-electron chi connectivity index (χ4n) is 2.65. The molecule has 1 unspecified atom stereocenters. The SMILES string of the molecule is OC1C=Cc2c(cc(F)c(N3CCC(F)(F)CC3)c2F)N1. The summed E-state index contributed by atoms with van der Waals surface area (Å²) >= 11 is 0. The predicted octanol–water partition coefficient (Wildman–Crippen LogP) is 2.96. The van der Waals surface area contributed by atoms with Crippen LogP contribution in [-0.4, -0.2) is 30.3 Å². The van der Waals surface area contributed by atoms with Gasteiger partial charge in [0.15, 0.2) is 11.6 Å². The maximum Gasteiger partial charge on any atom is 0.251 e. The van der Waals surface area contributed by atoms with Crippen LogP contribution in [0.25, 0.3) is 6.08 Å². The zero-order valence-electron chi connectivity index (χ0n) is 11.0. The van der Waals surface area contributed by atoms with E-state index in [-0.39, 0.29) is 30.0 Å². The van der Waals surface area contributed by atoms with Crippen LogP contribution in [0.2, 0.25) is 0 Å². The molecular weight excluding hydrogens is 288 g/mol. The Hall–Kier alpha value is -1.76. The fourth-order valence-corrected chi connectivity index (χ4v) is 2.65. The predicted molar refractivity (Wildman–Crippen MR) is 71.4 cm³/mol. The highest BCUT2D eigenvalue weighted by Crippen LogP contribution is 2.37. The van der Waals surface area contributed by atoms with Gasteiger partial charge in [0.25, 0.3) is 5.92 Å². The van der Waals surface area contributed by atoms with E-state index in [1.165, 1.54) is 17.1 Å². The van der Waals surface area contributed by atoms with Gasteiger partial charge in [-0.3, -0.25) is 0 Å². The van der Waals surface area contributed by atoms with E-state index in [1.54, 1.807) is 0 Å². The highest BCUT2D eigenvalue weighted by molar-refractivity contribution is 5.75. The minimum Gasteiger partial charge on any atom is -0.370 e. The molecule has 3 nitrogen and oxygen atoms in total. The van der Waals surface area contributed by atoms with Crippen LogP contribution in [0.5, 0.6) is 0 Å². The van der Waals surface area contributed by atoms with E-state index in [9.17, 15) is 22.7 Å². The monoisotopic (exact) mass is 302 g/mol. The van der Waals surface area contributed by atoms with Crippen molar-refractivity contribution >= 4 is 17.5 Å². The van der Waals surface area contributed by atoms with Crippen LogP contribution in [0.1, 0.15) is 18.4 Å². The van der Waals surface area contributed by atoms with Crippen molar-refractivity contribution < 1.29 is 22.7 Å². The second-order valence-electron chi connectivity index (χ2n) is 5.27. The molecule has 0 aliphatic carbocycles. The Morgan fingerprint density at radius 2 is 1.90 bits per heavy atom. The molecule has 0 aromatic heterocycles. The molecule has 1 aromatic carbocycles. The third kappa shape index (κ3) is 2.57. The van der Waals surface area contributed by atoms with Gasteiger partial charge < -0.3 is 15.3 Å². The normalized spacial score (nSPS) is 23.7. The number of nitrogens with one attached hydrogen (secondary N) is 1. The van der Waals surface area contributed by atoms with Crippen LogP contribution in [-0.2, 0) is 0 Å². The van der Waals surface area contributed by atoms with Crippen molar-refractivity contribution in [2.75, 3.05) is 23.3 Å². The van der Waals surface area contributed by atoms with Crippen molar-refractivity contribution in [1.82, 2.24) is 0 Å². The van der Waals surface area contributed by atoms with Crippen LogP contribution in [0, 0.1) is 11.6 Å². The van der Waals surface area contributed by atoms with Gasteiger partial charge in [-0.15, -0.1) is 0 Å². The molecule has 2 N–H and O–H groups in total. The number of hydrogen-bond donors (Lipinski definition) is 2. The van der Waals surface area contributed by atoms with Crippen molar-refractivity contribution in [3.05, 3.63) is 29.3 Å². The van der Waals surface area contributed by atoms with Gasteiger partial charge in [-0.1, -0.05) is 0 Å². The summed E-state index contributed by atoms with van der Waals surface area (Å²) in [4.78, 5) is 1.31. The minimum absolute atomic E-state index is 0.0978. The van der Waals surface area contributed by atoms with Crippen molar-refractivity contribution in [2.24, 2.45) is 0 Å². The van der Waals surface area contributed by atoms with Gasteiger partial charge in [-0.25, -0.2) is 17.6 Å². The topological polar surface area (TPSA) is 35.5 Å². The molecule has 2 aliphatic rings. The lowest BCUT2D eigenvalue weighted by Crippen LogP contribution is -2.40. The third-order valence-electron chi connectivity index (χ3n) is 3.79. The number of piperidine rings is 1. The van der Waals surface area contributed by atoms with E-state index < -0.39 is 36.6 Å². The first kappa shape index (κ1) is 14.2. The molecule has 0 bridgehead atoms. The average molecular weight is 302 g/mol. The lowest BCUT2D eigenvalue weighted by atomic mass is 10.0. The standard InChI is InChI=1S/C14H14F4N2O/c15-9-7-10-8(1-2-11(21)19-10)12(16)13(9)20-5-3-14(17,18)4-6-20/h1-2,7,11,19,21H,3-6H2. The van der Waals surface area contributed by atoms with Gasteiger partial charge >= 0.3 is 0 Å². The molecule has 0 radical (unpaired) electrons. The molecular formula is C14H14F4N2O. The second-order valence-corrected chi connectivity index (χ2v) is 5.27. The number of halogens is 4. The molecule has 21 heavy (non-hydrogen) atoms. The van der Waals surface area contributed by atoms with Crippen molar-refractivity contribution in [3.63, 3.8) is 0 Å². The van der Waals surface area contributed by atoms with Gasteiger partial charge in [-0.05, 0) is 12.2 Å². The van der Waals surface area contributed by atoms with E-state index in [0.717, 1.165) is 6.07 Å². The van der Waals surface area contributed by atoms with Gasteiger partial charge in [0.05, 0.1) is 0 Å². The van der Waals surface area contributed by atoms with Gasteiger partial charge in [-0.2, -0.15) is 0 Å². The summed E-state index contributed by atoms with van der Waals surface area (Å²) in [7, 11) is 0. The molecule has 2 heterocycles. The summed E-state index contributed by atoms with van der Waals surface area (Å²) in [6.45, 7) is -0.196. The summed E-state index contributed by atoms with van der Waals surface area (Å²) in [6, 6.07) is 1.08. The van der Waals surface area contributed by atoms with Gasteiger partial charge in [0, 0.05) is 43.2 Å². The van der Waals surface area contributed by atoms with Crippen LogP contribution in [0.4, 0.5) is 28.9 Å². The Balaban J connectivity index is 1.96. The first-order valence-electron chi connectivity index (χ1n) is 6.65. The highest BCUT2D eigenvalue weighted by Gasteiger charge is 2.36. The molecule has 2 aliphatic heterocycles. The van der Waals surface area contributed by atoms with Gasteiger partial charge in [0.2, 0.25) is 0 Å². The second kappa shape index (κ2) is 4.91. The molecule has 114 valence electrons. The zero-order chi connectivity index (χ0) is 15.2. The molecule has 1 aromatic rings. The maximum atomic E-state index is 14.5. The largest absolute Gasteiger partial charge is 0.370 e. The molecule has 3 rings (SSSR count). The Kier molecular flexibility index (Phi) is 3.32. The quantitative estimate of drug-likeness (QED) is 0.783. The number of aliphatic hydroxyl groups is 1. The maximum absolute atomic E-state index is 14.5. The molecule has 0 amide bonds. The zero-order valence-corrected chi connectivity index (χ0v) is 11.0. The Labute approximate surface area is 118 Å². The Morgan fingerprint density at radius 3 is 2.57 bits per heavy atom. The van der Waals surface area contributed by atoms with Crippen LogP contribution >= 0.6 is 0 Å². The van der Waals surface area contributed by atoms with E-state index >= 15 is 0 Å². The molecule has 7 heteroatoms. The average Bonchev–Trinajstić information content (AvgIpc) is 2.40. The number of benzene rings is 1. The van der Waals surface area contributed by atoms with Crippen molar-refractivity contribution in [3.8, 4) is 0 Å². The minimum atomic E-state index is -2.77. The fraction of sp³-hybridized carbons (Fsp3) is 0.429. The number of fused-ring (bicyclic) bond motifs is 1. The van der Waals surface area contributed by atoms with Crippen LogP contribution in [0.3, 0.4) is 0 Å². The van der Waals surface area contributed by atoms with E-state index in [4.69, 9.17) is 0 Å². The van der Waals surface area contributed by atoms with Crippen molar-refractivity contribution in [1.29, 1.82) is 0 Å². The summed E-state index contributed by atoms with van der Waals surface area (Å²) in [5.41, 5.74) is -0.0211. The number of rotatable bonds is 1. The van der Waals surface area contributed by atoms with E-state index in [0.29, 0.717) is 0 Å². The summed E-state index contributed by atoms with van der Waals surface area (Å²) < 4.78 is 54.9. The smallest absolute Gasteiger partial charge is 0.251 e. The number of anilines is 2. The lowest BCUT2D eigenvalue weighted by Gasteiger charge is -2.34. The molecule has 1 fully saturated rings. The summed E-state index contributed by atoms with van der Waals surface area (Å²) in [5, 5.41) is 11.9. The number of hydrogen-bond acceptors (Lipinski definition) is 3. The number of nitrogens with zero attached hydrogens (tertiary/aromatic N) is 1. The third-order valence-corrected chi connectivity index (χ3v) is 3.79. The molecule has 1 saturated heterocycles. The highest BCUT2D eigenvalue weighted by atomic mass is 19.3.